The number of esters is 1. The van der Waals surface area contributed by atoms with Gasteiger partial charge in [0, 0.05) is 0 Å². The summed E-state index contributed by atoms with van der Waals surface area (Å²) >= 11 is 0. The standard InChI is InChI=1S/C25H25N2O2P/c1-27-20(18-24(26-27)25(28)29-2)19-30(21-12-6-3-7-13-21,22-14-8-4-9-15-22)23-16-10-5-11-17-23/h3-18,30H,19H2,1-2H3. The molecule has 0 radical (unpaired) electrons. The topological polar surface area (TPSA) is 44.1 Å². The van der Waals surface area contributed by atoms with Crippen LogP contribution in [0.5, 0.6) is 0 Å². The summed E-state index contributed by atoms with van der Waals surface area (Å²) in [7, 11) is 0.833. The van der Waals surface area contributed by atoms with Crippen LogP contribution in [0, 0.1) is 0 Å². The maximum absolute atomic E-state index is 12.1. The Morgan fingerprint density at radius 2 is 1.27 bits per heavy atom. The van der Waals surface area contributed by atoms with Crippen LogP contribution < -0.4 is 15.9 Å². The van der Waals surface area contributed by atoms with Gasteiger partial charge >= 0.3 is 177 Å². The van der Waals surface area contributed by atoms with Gasteiger partial charge in [0.05, 0.1) is 0 Å². The molecule has 152 valence electrons. The van der Waals surface area contributed by atoms with Gasteiger partial charge in [-0.1, -0.05) is 0 Å². The van der Waals surface area contributed by atoms with E-state index in [2.05, 4.69) is 96.1 Å². The van der Waals surface area contributed by atoms with Crippen molar-refractivity contribution in [3.8, 4) is 0 Å². The van der Waals surface area contributed by atoms with E-state index < -0.39 is 13.2 Å². The minimum atomic E-state index is -2.44. The number of carbonyl (C=O) groups excluding carboxylic acids is 1. The van der Waals surface area contributed by atoms with Crippen molar-refractivity contribution in [1.29, 1.82) is 0 Å². The Hall–Kier alpha value is -3.23. The summed E-state index contributed by atoms with van der Waals surface area (Å²) in [6.07, 6.45) is 0.783. The second kappa shape index (κ2) is 8.64. The van der Waals surface area contributed by atoms with Crippen LogP contribution in [0.4, 0.5) is 0 Å². The summed E-state index contributed by atoms with van der Waals surface area (Å²) in [6, 6.07) is 34.0. The summed E-state index contributed by atoms with van der Waals surface area (Å²) in [5, 5.41) is 8.38. The summed E-state index contributed by atoms with van der Waals surface area (Å²) in [5.74, 6) is -0.414. The number of aromatic nitrogens is 2. The average molecular weight is 416 g/mol. The second-order valence-corrected chi connectivity index (χ2v) is 11.2. The first-order chi connectivity index (χ1) is 14.6. The SMILES string of the molecule is COC(=O)c1cc(C[PH](c2ccccc2)(c2ccccc2)c2ccccc2)n(C)n1. The fraction of sp³-hybridized carbons (Fsp3) is 0.120. The van der Waals surface area contributed by atoms with Crippen molar-refractivity contribution in [2.75, 3.05) is 7.11 Å². The molecule has 0 fully saturated rings. The Bertz CT molecular complexity index is 1030. The van der Waals surface area contributed by atoms with E-state index in [1.54, 1.807) is 0 Å². The van der Waals surface area contributed by atoms with Crippen molar-refractivity contribution in [3.63, 3.8) is 0 Å². The van der Waals surface area contributed by atoms with Crippen LogP contribution in [-0.4, -0.2) is 22.9 Å². The maximum atomic E-state index is 12.1. The number of carbonyl (C=O) groups is 1. The zero-order valence-corrected chi connectivity index (χ0v) is 18.2. The molecule has 5 heteroatoms. The molecule has 0 saturated heterocycles. The van der Waals surface area contributed by atoms with E-state index in [4.69, 9.17) is 4.74 Å². The van der Waals surface area contributed by atoms with E-state index in [0.717, 1.165) is 11.9 Å². The molecular weight excluding hydrogens is 391 g/mol. The summed E-state index contributed by atoms with van der Waals surface area (Å²) in [4.78, 5) is 12.1. The third-order valence-corrected chi connectivity index (χ3v) is 10.5. The first-order valence-corrected chi connectivity index (χ1v) is 12.1. The van der Waals surface area contributed by atoms with Crippen LogP contribution in [-0.2, 0) is 17.9 Å². The van der Waals surface area contributed by atoms with Gasteiger partial charge in [0.25, 0.3) is 0 Å². The second-order valence-electron chi connectivity index (χ2n) is 7.32. The number of nitrogens with zero attached hydrogens (tertiary/aromatic N) is 2. The van der Waals surface area contributed by atoms with Crippen LogP contribution in [0.15, 0.2) is 97.1 Å². The van der Waals surface area contributed by atoms with Gasteiger partial charge in [-0.15, -0.1) is 0 Å². The molecule has 0 unspecified atom stereocenters. The fourth-order valence-corrected chi connectivity index (χ4v) is 8.89. The number of ether oxygens (including phenoxy) is 1. The number of methoxy groups -OCH3 is 1. The van der Waals surface area contributed by atoms with Crippen LogP contribution in [0.3, 0.4) is 0 Å². The van der Waals surface area contributed by atoms with Gasteiger partial charge in [0.2, 0.25) is 0 Å². The molecule has 4 aromatic rings. The van der Waals surface area contributed by atoms with E-state index in [-0.39, 0.29) is 0 Å². The van der Waals surface area contributed by atoms with Crippen LogP contribution >= 0.6 is 7.26 Å². The van der Waals surface area contributed by atoms with Crippen LogP contribution in [0.1, 0.15) is 16.2 Å². The molecule has 0 atom stereocenters. The molecule has 0 aliphatic rings. The fourth-order valence-electron chi connectivity index (χ4n) is 4.12. The quantitative estimate of drug-likeness (QED) is 0.357. The van der Waals surface area contributed by atoms with Crippen LogP contribution in [0.25, 0.3) is 0 Å². The minimum absolute atomic E-state index is 0.340. The number of rotatable bonds is 6. The molecule has 4 nitrogen and oxygen atoms in total. The predicted octanol–water partition coefficient (Wildman–Crippen LogP) is 3.43. The zero-order valence-electron chi connectivity index (χ0n) is 17.2. The Morgan fingerprint density at radius 1 is 0.833 bits per heavy atom. The molecular formula is C25H25N2O2P. The van der Waals surface area contributed by atoms with E-state index >= 15 is 0 Å². The molecule has 0 bridgehead atoms. The Morgan fingerprint density at radius 3 is 1.67 bits per heavy atom. The van der Waals surface area contributed by atoms with Gasteiger partial charge in [-0.25, -0.2) is 0 Å². The molecule has 4 rings (SSSR count). The van der Waals surface area contributed by atoms with Crippen molar-refractivity contribution in [2.24, 2.45) is 7.05 Å². The number of benzene rings is 3. The van der Waals surface area contributed by atoms with E-state index in [1.807, 2.05) is 17.8 Å². The van der Waals surface area contributed by atoms with Gasteiger partial charge in [-0.2, -0.15) is 0 Å². The van der Waals surface area contributed by atoms with Crippen molar-refractivity contribution < 1.29 is 9.53 Å². The van der Waals surface area contributed by atoms with Gasteiger partial charge in [-0.05, 0) is 0 Å². The zero-order chi connectivity index (χ0) is 21.0. The molecule has 0 aliphatic heterocycles. The molecule has 0 N–H and O–H groups in total. The Kier molecular flexibility index (Phi) is 5.78. The molecule has 1 heterocycles. The van der Waals surface area contributed by atoms with Crippen molar-refractivity contribution in [3.05, 3.63) is 108 Å². The molecule has 3 aromatic carbocycles. The summed E-state index contributed by atoms with van der Waals surface area (Å²) in [5.41, 5.74) is 1.35. The van der Waals surface area contributed by atoms with Gasteiger partial charge in [-0.3, -0.25) is 0 Å². The molecule has 0 aliphatic carbocycles. The first-order valence-electron chi connectivity index (χ1n) is 9.93. The van der Waals surface area contributed by atoms with Crippen molar-refractivity contribution in [1.82, 2.24) is 9.78 Å². The number of hydrogen-bond donors (Lipinski definition) is 0. The van der Waals surface area contributed by atoms with Crippen molar-refractivity contribution in [2.45, 2.75) is 6.16 Å². The molecule has 0 saturated carbocycles. The average Bonchev–Trinajstić information content (AvgIpc) is 3.18. The van der Waals surface area contributed by atoms with Gasteiger partial charge in [0.15, 0.2) is 0 Å². The predicted molar refractivity (Wildman–Crippen MR) is 125 cm³/mol. The Labute approximate surface area is 177 Å². The summed E-state index contributed by atoms with van der Waals surface area (Å²) in [6.45, 7) is 0. The first kappa shape index (κ1) is 20.1. The van der Waals surface area contributed by atoms with E-state index in [9.17, 15) is 4.79 Å². The van der Waals surface area contributed by atoms with Gasteiger partial charge in [0.1, 0.15) is 0 Å². The van der Waals surface area contributed by atoms with Gasteiger partial charge < -0.3 is 0 Å². The number of hydrogen-bond acceptors (Lipinski definition) is 3. The molecule has 30 heavy (non-hydrogen) atoms. The normalized spacial score (nSPS) is 11.8. The Balaban J connectivity index is 1.96. The van der Waals surface area contributed by atoms with E-state index in [0.29, 0.717) is 5.69 Å². The molecule has 0 spiro atoms. The molecule has 0 amide bonds. The van der Waals surface area contributed by atoms with Crippen LogP contribution in [0.2, 0.25) is 0 Å². The van der Waals surface area contributed by atoms with Crippen molar-refractivity contribution >= 4 is 29.1 Å². The number of aryl methyl sites for hydroxylation is 1. The molecule has 1 aromatic heterocycles. The monoisotopic (exact) mass is 416 g/mol. The van der Waals surface area contributed by atoms with E-state index in [1.165, 1.54) is 23.0 Å². The third-order valence-electron chi connectivity index (χ3n) is 5.62. The summed E-state index contributed by atoms with van der Waals surface area (Å²) < 4.78 is 6.69. The third kappa shape index (κ3) is 3.67.